The molecular formula is C15H22O7. The van der Waals surface area contributed by atoms with Crippen LogP contribution in [0.3, 0.4) is 0 Å². The van der Waals surface area contributed by atoms with Crippen molar-refractivity contribution in [1.29, 1.82) is 0 Å². The van der Waals surface area contributed by atoms with Crippen molar-refractivity contribution in [3.8, 4) is 0 Å². The topological polar surface area (TPSA) is 102 Å². The smallest absolute Gasteiger partial charge is 0.309 e. The van der Waals surface area contributed by atoms with Crippen molar-refractivity contribution in [2.24, 2.45) is 0 Å². The van der Waals surface area contributed by atoms with Crippen LogP contribution in [0, 0.1) is 0 Å². The molecule has 4 unspecified atom stereocenters. The number of carbonyl (C=O) groups is 2. The van der Waals surface area contributed by atoms with E-state index in [0.717, 1.165) is 0 Å². The molecule has 1 heterocycles. The molecule has 4 atom stereocenters. The molecule has 1 aliphatic heterocycles. The Morgan fingerprint density at radius 1 is 1.45 bits per heavy atom. The van der Waals surface area contributed by atoms with Gasteiger partial charge >= 0.3 is 11.9 Å². The normalized spacial score (nSPS) is 26.8. The zero-order valence-electron chi connectivity index (χ0n) is 12.9. The minimum absolute atomic E-state index is 0.158. The molecule has 0 aromatic heterocycles. The fraction of sp³-hybridized carbons (Fsp3) is 0.600. The first kappa shape index (κ1) is 18.2. The third-order valence-corrected chi connectivity index (χ3v) is 3.41. The number of hydrogen-bond acceptors (Lipinski definition) is 7. The average molecular weight is 314 g/mol. The third kappa shape index (κ3) is 4.57. The fourth-order valence-corrected chi connectivity index (χ4v) is 2.25. The molecule has 0 amide bonds. The van der Waals surface area contributed by atoms with Gasteiger partial charge in [-0.1, -0.05) is 6.08 Å². The van der Waals surface area contributed by atoms with Gasteiger partial charge in [0.15, 0.2) is 0 Å². The predicted octanol–water partition coefficient (Wildman–Crippen LogP) is 1.02. The lowest BCUT2D eigenvalue weighted by Gasteiger charge is -2.24. The highest BCUT2D eigenvalue weighted by atomic mass is 16.6. The van der Waals surface area contributed by atoms with E-state index in [0.29, 0.717) is 6.42 Å². The molecule has 7 heteroatoms. The SMILES string of the molecule is C=CC1CC(OC(C)=O)C(C(O)/C(O)=C(/C)CC(=O)OC)O1. The Morgan fingerprint density at radius 2 is 2.09 bits per heavy atom. The molecule has 7 nitrogen and oxygen atoms in total. The van der Waals surface area contributed by atoms with Crippen LogP contribution in [-0.2, 0) is 23.8 Å². The Hall–Kier alpha value is -1.86. The van der Waals surface area contributed by atoms with E-state index < -0.39 is 42.1 Å². The molecule has 0 aliphatic carbocycles. The van der Waals surface area contributed by atoms with Crippen LogP contribution in [0.15, 0.2) is 24.0 Å². The summed E-state index contributed by atoms with van der Waals surface area (Å²) in [5.41, 5.74) is 0.256. The molecule has 1 fully saturated rings. The van der Waals surface area contributed by atoms with Gasteiger partial charge in [-0.2, -0.15) is 0 Å². The minimum atomic E-state index is -1.42. The molecule has 1 rings (SSSR count). The number of rotatable bonds is 6. The van der Waals surface area contributed by atoms with Crippen LogP contribution in [0.2, 0.25) is 0 Å². The van der Waals surface area contributed by atoms with Gasteiger partial charge in [0.1, 0.15) is 24.1 Å². The van der Waals surface area contributed by atoms with E-state index in [2.05, 4.69) is 11.3 Å². The first-order chi connectivity index (χ1) is 10.3. The Bertz CT molecular complexity index is 469. The molecule has 2 N–H and O–H groups in total. The number of methoxy groups -OCH3 is 1. The number of hydrogen-bond donors (Lipinski definition) is 2. The molecule has 1 aliphatic rings. The zero-order chi connectivity index (χ0) is 16.9. The summed E-state index contributed by atoms with van der Waals surface area (Å²) in [7, 11) is 1.23. The summed E-state index contributed by atoms with van der Waals surface area (Å²) in [5, 5.41) is 20.3. The zero-order valence-corrected chi connectivity index (χ0v) is 12.9. The van der Waals surface area contributed by atoms with Gasteiger partial charge in [-0.3, -0.25) is 9.59 Å². The summed E-state index contributed by atoms with van der Waals surface area (Å²) in [6.45, 7) is 6.35. The first-order valence-corrected chi connectivity index (χ1v) is 6.88. The molecule has 0 aromatic rings. The second-order valence-corrected chi connectivity index (χ2v) is 5.12. The van der Waals surface area contributed by atoms with Gasteiger partial charge in [-0.15, -0.1) is 6.58 Å². The second-order valence-electron chi connectivity index (χ2n) is 5.12. The van der Waals surface area contributed by atoms with E-state index in [-0.39, 0.29) is 12.0 Å². The van der Waals surface area contributed by atoms with Crippen LogP contribution in [-0.4, -0.2) is 53.7 Å². The molecule has 0 spiro atoms. The van der Waals surface area contributed by atoms with Gasteiger partial charge in [0.25, 0.3) is 0 Å². The lowest BCUT2D eigenvalue weighted by Crippen LogP contribution is -2.38. The van der Waals surface area contributed by atoms with Crippen LogP contribution in [0.5, 0.6) is 0 Å². The lowest BCUT2D eigenvalue weighted by molar-refractivity contribution is -0.152. The molecule has 0 bridgehead atoms. The Kier molecular flexibility index (Phi) is 6.58. The van der Waals surface area contributed by atoms with E-state index in [9.17, 15) is 19.8 Å². The van der Waals surface area contributed by atoms with E-state index in [1.807, 2.05) is 0 Å². The van der Waals surface area contributed by atoms with Crippen LogP contribution in [0.25, 0.3) is 0 Å². The fourth-order valence-electron chi connectivity index (χ4n) is 2.25. The van der Waals surface area contributed by atoms with E-state index in [1.165, 1.54) is 27.0 Å². The van der Waals surface area contributed by atoms with Crippen LogP contribution in [0.1, 0.15) is 26.7 Å². The van der Waals surface area contributed by atoms with Crippen molar-refractivity contribution in [3.05, 3.63) is 24.0 Å². The summed E-state index contributed by atoms with van der Waals surface area (Å²) in [6, 6.07) is 0. The van der Waals surface area contributed by atoms with Crippen LogP contribution < -0.4 is 0 Å². The van der Waals surface area contributed by atoms with Gasteiger partial charge in [-0.05, 0) is 12.5 Å². The van der Waals surface area contributed by atoms with E-state index in [4.69, 9.17) is 9.47 Å². The minimum Gasteiger partial charge on any atom is -0.509 e. The van der Waals surface area contributed by atoms with Crippen molar-refractivity contribution in [1.82, 2.24) is 0 Å². The van der Waals surface area contributed by atoms with Crippen molar-refractivity contribution < 1.29 is 34.0 Å². The number of esters is 2. The highest BCUT2D eigenvalue weighted by Gasteiger charge is 2.42. The Labute approximate surface area is 129 Å². The van der Waals surface area contributed by atoms with Gasteiger partial charge in [0.2, 0.25) is 0 Å². The standard InChI is InChI=1S/C15H22O7/c1-5-10-7-11(21-9(3)16)15(22-10)14(19)13(18)8(2)6-12(17)20-4/h5,10-11,14-15,18-19H,1,6-7H2,2-4H3/b13-8+. The van der Waals surface area contributed by atoms with Gasteiger partial charge in [-0.25, -0.2) is 0 Å². The Balaban J connectivity index is 2.89. The number of carbonyl (C=O) groups excluding carboxylic acids is 2. The van der Waals surface area contributed by atoms with Crippen molar-refractivity contribution in [2.45, 2.75) is 51.1 Å². The number of aliphatic hydroxyl groups is 2. The van der Waals surface area contributed by atoms with Gasteiger partial charge in [0, 0.05) is 13.3 Å². The largest absolute Gasteiger partial charge is 0.509 e. The maximum Gasteiger partial charge on any atom is 0.309 e. The van der Waals surface area contributed by atoms with Crippen molar-refractivity contribution in [2.75, 3.05) is 7.11 Å². The molecule has 0 aromatic carbocycles. The average Bonchev–Trinajstić information content (AvgIpc) is 2.87. The predicted molar refractivity (Wildman–Crippen MR) is 77.0 cm³/mol. The molecule has 124 valence electrons. The quantitative estimate of drug-likeness (QED) is 0.428. The summed E-state index contributed by atoms with van der Waals surface area (Å²) in [4.78, 5) is 22.3. The van der Waals surface area contributed by atoms with E-state index in [1.54, 1.807) is 0 Å². The van der Waals surface area contributed by atoms with Gasteiger partial charge < -0.3 is 24.4 Å². The van der Waals surface area contributed by atoms with Gasteiger partial charge in [0.05, 0.1) is 19.6 Å². The maximum absolute atomic E-state index is 11.2. The third-order valence-electron chi connectivity index (χ3n) is 3.41. The van der Waals surface area contributed by atoms with Crippen LogP contribution in [0.4, 0.5) is 0 Å². The molecule has 22 heavy (non-hydrogen) atoms. The lowest BCUT2D eigenvalue weighted by atomic mass is 10.0. The Morgan fingerprint density at radius 3 is 2.59 bits per heavy atom. The van der Waals surface area contributed by atoms with Crippen molar-refractivity contribution >= 4 is 11.9 Å². The molecule has 0 radical (unpaired) electrons. The molecule has 0 saturated carbocycles. The highest BCUT2D eigenvalue weighted by molar-refractivity contribution is 5.72. The molecule has 1 saturated heterocycles. The molecular weight excluding hydrogens is 292 g/mol. The number of aliphatic hydroxyl groups excluding tert-OH is 2. The second kappa shape index (κ2) is 7.95. The number of ether oxygens (including phenoxy) is 3. The summed E-state index contributed by atoms with van der Waals surface area (Å²) in [6.07, 6.45) is -1.73. The summed E-state index contributed by atoms with van der Waals surface area (Å²) < 4.78 is 15.1. The summed E-state index contributed by atoms with van der Waals surface area (Å²) in [5.74, 6) is -1.44. The summed E-state index contributed by atoms with van der Waals surface area (Å²) >= 11 is 0. The first-order valence-electron chi connectivity index (χ1n) is 6.88. The monoisotopic (exact) mass is 314 g/mol. The van der Waals surface area contributed by atoms with E-state index >= 15 is 0 Å². The van der Waals surface area contributed by atoms with Crippen LogP contribution >= 0.6 is 0 Å². The van der Waals surface area contributed by atoms with Crippen molar-refractivity contribution in [3.63, 3.8) is 0 Å². The highest BCUT2D eigenvalue weighted by Crippen LogP contribution is 2.29. The maximum atomic E-state index is 11.2.